The predicted molar refractivity (Wildman–Crippen MR) is 147 cm³/mol. The molecule has 1 aromatic carbocycles. The SMILES string of the molecule is CN(C)CCCOc1ncc(-c2ccc3ncc4c(c3c2)C2(CCC2)C(=O)N4C)cc1C1(NS(=O)O)CC1. The Kier molecular flexibility index (Phi) is 6.26. The van der Waals surface area contributed by atoms with Gasteiger partial charge in [-0.3, -0.25) is 14.3 Å². The Morgan fingerprint density at radius 3 is 2.58 bits per heavy atom. The lowest BCUT2D eigenvalue weighted by Crippen LogP contribution is -2.43. The fourth-order valence-electron chi connectivity index (χ4n) is 5.99. The number of hydrogen-bond acceptors (Lipinski definition) is 6. The van der Waals surface area contributed by atoms with Crippen molar-refractivity contribution < 1.29 is 18.3 Å². The van der Waals surface area contributed by atoms with Gasteiger partial charge < -0.3 is 14.5 Å². The van der Waals surface area contributed by atoms with Crippen molar-refractivity contribution in [1.29, 1.82) is 0 Å². The average Bonchev–Trinajstić information content (AvgIpc) is 3.59. The molecule has 3 aromatic rings. The number of amides is 1. The van der Waals surface area contributed by atoms with E-state index in [1.54, 1.807) is 11.1 Å². The molecule has 10 heteroatoms. The zero-order chi connectivity index (χ0) is 26.7. The van der Waals surface area contributed by atoms with Gasteiger partial charge in [0.05, 0.1) is 35.0 Å². The zero-order valence-corrected chi connectivity index (χ0v) is 22.8. The number of rotatable bonds is 9. The van der Waals surface area contributed by atoms with Gasteiger partial charge in [0.1, 0.15) is 0 Å². The number of ether oxygens (including phenoxy) is 1. The van der Waals surface area contributed by atoms with E-state index >= 15 is 0 Å². The number of carbonyl (C=O) groups excluding carboxylic acids is 1. The molecule has 6 rings (SSSR count). The Bertz CT molecular complexity index is 1450. The van der Waals surface area contributed by atoms with Gasteiger partial charge in [-0.25, -0.2) is 13.9 Å². The number of nitrogens with zero attached hydrogens (tertiary/aromatic N) is 4. The van der Waals surface area contributed by atoms with Crippen molar-refractivity contribution in [1.82, 2.24) is 19.6 Å². The summed E-state index contributed by atoms with van der Waals surface area (Å²) in [7, 11) is 5.88. The van der Waals surface area contributed by atoms with Crippen LogP contribution in [0.5, 0.6) is 5.88 Å². The number of aromatic nitrogens is 2. The maximum absolute atomic E-state index is 13.2. The second-order valence-corrected chi connectivity index (χ2v) is 11.8. The number of likely N-dealkylation sites (N-methyl/N-ethyl adjacent to an activating group) is 1. The molecule has 2 aromatic heterocycles. The van der Waals surface area contributed by atoms with Crippen LogP contribution in [0, 0.1) is 0 Å². The normalized spacial score (nSPS) is 19.6. The Balaban J connectivity index is 1.41. The second kappa shape index (κ2) is 9.37. The van der Waals surface area contributed by atoms with E-state index in [1.165, 1.54) is 0 Å². The highest BCUT2D eigenvalue weighted by Crippen LogP contribution is 2.55. The molecule has 1 spiro atoms. The highest BCUT2D eigenvalue weighted by atomic mass is 32.2. The van der Waals surface area contributed by atoms with Crippen LogP contribution in [0.4, 0.5) is 5.69 Å². The summed E-state index contributed by atoms with van der Waals surface area (Å²) >= 11 is -2.16. The van der Waals surface area contributed by atoms with Gasteiger partial charge in [0.2, 0.25) is 23.1 Å². The van der Waals surface area contributed by atoms with Crippen LogP contribution < -0.4 is 14.4 Å². The fraction of sp³-hybridized carbons (Fsp3) is 0.464. The molecule has 9 nitrogen and oxygen atoms in total. The van der Waals surface area contributed by atoms with Crippen LogP contribution >= 0.6 is 0 Å². The molecule has 3 heterocycles. The first-order valence-corrected chi connectivity index (χ1v) is 14.2. The van der Waals surface area contributed by atoms with Crippen LogP contribution in [0.15, 0.2) is 36.7 Å². The minimum Gasteiger partial charge on any atom is -0.477 e. The van der Waals surface area contributed by atoms with Crippen molar-refractivity contribution >= 4 is 33.8 Å². The fourth-order valence-corrected chi connectivity index (χ4v) is 6.63. The first kappa shape index (κ1) is 25.4. The lowest BCUT2D eigenvalue weighted by molar-refractivity contribution is -0.125. The highest BCUT2D eigenvalue weighted by molar-refractivity contribution is 7.77. The zero-order valence-electron chi connectivity index (χ0n) is 22.0. The topological polar surface area (TPSA) is 108 Å². The molecule has 200 valence electrons. The smallest absolute Gasteiger partial charge is 0.237 e. The number of pyridine rings is 2. The van der Waals surface area contributed by atoms with Gasteiger partial charge in [0.25, 0.3) is 0 Å². The monoisotopic (exact) mass is 535 g/mol. The van der Waals surface area contributed by atoms with E-state index in [1.807, 2.05) is 45.5 Å². The van der Waals surface area contributed by atoms with E-state index in [9.17, 15) is 13.6 Å². The largest absolute Gasteiger partial charge is 0.477 e. The van der Waals surface area contributed by atoms with Crippen LogP contribution in [0.1, 0.15) is 49.7 Å². The van der Waals surface area contributed by atoms with Crippen molar-refractivity contribution in [2.75, 3.05) is 39.2 Å². The summed E-state index contributed by atoms with van der Waals surface area (Å²) in [6, 6.07) is 8.16. The average molecular weight is 536 g/mol. The van der Waals surface area contributed by atoms with E-state index in [4.69, 9.17) is 4.74 Å². The van der Waals surface area contributed by atoms with Gasteiger partial charge in [-0.15, -0.1) is 0 Å². The van der Waals surface area contributed by atoms with Crippen LogP contribution in [0.3, 0.4) is 0 Å². The summed E-state index contributed by atoms with van der Waals surface area (Å²) in [6.45, 7) is 1.40. The number of nitrogens with one attached hydrogen (secondary N) is 1. The molecular formula is C28H33N5O4S. The molecule has 38 heavy (non-hydrogen) atoms. The standard InChI is InChI=1S/C28H33N5O4S/c1-32(2)12-5-13-37-25-21(28(10-11-28)31-38(35)36)15-19(16-30-25)18-6-7-22-20(14-18)24-23(17-29-22)33(3)26(34)27(24)8-4-9-27/h6-7,14-17,31H,4-5,8-13H2,1-3H3,(H,35,36). The number of anilines is 1. The Morgan fingerprint density at radius 2 is 1.92 bits per heavy atom. The molecule has 2 N–H and O–H groups in total. The maximum Gasteiger partial charge on any atom is 0.237 e. The molecule has 2 fully saturated rings. The summed E-state index contributed by atoms with van der Waals surface area (Å²) in [6.07, 6.45) is 8.70. The molecule has 3 aliphatic rings. The quantitative estimate of drug-likeness (QED) is 0.317. The van der Waals surface area contributed by atoms with Gasteiger partial charge in [-0.1, -0.05) is 12.5 Å². The number of carbonyl (C=O) groups is 1. The van der Waals surface area contributed by atoms with Crippen LogP contribution in [0.2, 0.25) is 0 Å². The summed E-state index contributed by atoms with van der Waals surface area (Å²) in [4.78, 5) is 26.4. The molecule has 1 aliphatic heterocycles. The number of fused-ring (bicyclic) bond motifs is 4. The van der Waals surface area contributed by atoms with E-state index in [0.717, 1.165) is 83.9 Å². The van der Waals surface area contributed by atoms with Gasteiger partial charge in [-0.2, -0.15) is 0 Å². The summed E-state index contributed by atoms with van der Waals surface area (Å²) < 4.78 is 30.3. The molecule has 1 unspecified atom stereocenters. The number of hydrogen-bond donors (Lipinski definition) is 2. The first-order chi connectivity index (χ1) is 18.2. The van der Waals surface area contributed by atoms with Gasteiger partial charge >= 0.3 is 0 Å². The maximum atomic E-state index is 13.2. The van der Waals surface area contributed by atoms with E-state index in [0.29, 0.717) is 12.5 Å². The summed E-state index contributed by atoms with van der Waals surface area (Å²) in [5.41, 5.74) is 4.42. The van der Waals surface area contributed by atoms with Crippen molar-refractivity contribution in [3.63, 3.8) is 0 Å². The predicted octanol–water partition coefficient (Wildman–Crippen LogP) is 3.74. The molecule has 0 saturated heterocycles. The molecule has 1 atom stereocenters. The molecule has 2 saturated carbocycles. The van der Waals surface area contributed by atoms with Crippen molar-refractivity contribution in [3.8, 4) is 17.0 Å². The number of benzene rings is 1. The van der Waals surface area contributed by atoms with E-state index in [2.05, 4.69) is 25.7 Å². The molecule has 1 amide bonds. The van der Waals surface area contributed by atoms with Crippen LogP contribution in [0.25, 0.3) is 22.0 Å². The lowest BCUT2D eigenvalue weighted by Gasteiger charge is -2.37. The molecular weight excluding hydrogens is 502 g/mol. The molecule has 2 aliphatic carbocycles. The first-order valence-electron chi connectivity index (χ1n) is 13.1. The molecule has 0 radical (unpaired) electrons. The third kappa shape index (κ3) is 4.10. The Morgan fingerprint density at radius 1 is 1.13 bits per heavy atom. The minimum absolute atomic E-state index is 0.164. The van der Waals surface area contributed by atoms with E-state index in [-0.39, 0.29) is 5.91 Å². The van der Waals surface area contributed by atoms with Crippen molar-refractivity contribution in [2.24, 2.45) is 0 Å². The van der Waals surface area contributed by atoms with Gasteiger partial charge in [-0.05, 0) is 70.0 Å². The van der Waals surface area contributed by atoms with Crippen LogP contribution in [-0.2, 0) is 27.0 Å². The summed E-state index contributed by atoms with van der Waals surface area (Å²) in [5.74, 6) is 0.656. The van der Waals surface area contributed by atoms with Crippen molar-refractivity contribution in [2.45, 2.75) is 49.5 Å². The molecule has 0 bridgehead atoms. The Labute approximate surface area is 225 Å². The lowest BCUT2D eigenvalue weighted by atomic mass is 9.64. The minimum atomic E-state index is -2.16. The van der Waals surface area contributed by atoms with Gasteiger partial charge in [0.15, 0.2) is 0 Å². The summed E-state index contributed by atoms with van der Waals surface area (Å²) in [5, 5.41) is 0.999. The van der Waals surface area contributed by atoms with Crippen LogP contribution in [-0.4, -0.2) is 63.8 Å². The van der Waals surface area contributed by atoms with E-state index < -0.39 is 22.2 Å². The third-order valence-corrected chi connectivity index (χ3v) is 8.90. The van der Waals surface area contributed by atoms with Gasteiger partial charge in [0, 0.05) is 41.9 Å². The highest BCUT2D eigenvalue weighted by Gasteiger charge is 2.54. The Hall–Kier alpha value is -2.92. The second-order valence-electron chi connectivity index (χ2n) is 11.1. The van der Waals surface area contributed by atoms with Crippen molar-refractivity contribution in [3.05, 3.63) is 47.8 Å². The third-order valence-electron chi connectivity index (χ3n) is 8.33.